The molecule has 0 amide bonds. The summed E-state index contributed by atoms with van der Waals surface area (Å²) in [6, 6.07) is 1.17. The smallest absolute Gasteiger partial charge is 0.236 e. The summed E-state index contributed by atoms with van der Waals surface area (Å²) in [5.41, 5.74) is 0. The molecule has 0 bridgehead atoms. The minimum atomic E-state index is -4.85. The highest BCUT2D eigenvalue weighted by Crippen LogP contribution is 2.28. The lowest BCUT2D eigenvalue weighted by Crippen LogP contribution is -2.15. The van der Waals surface area contributed by atoms with E-state index in [9.17, 15) is 34.4 Å². The van der Waals surface area contributed by atoms with Gasteiger partial charge in [-0.3, -0.25) is 0 Å². The first kappa shape index (κ1) is 21.9. The van der Waals surface area contributed by atoms with Gasteiger partial charge < -0.3 is 0 Å². The van der Waals surface area contributed by atoms with Crippen LogP contribution in [0.3, 0.4) is 0 Å². The van der Waals surface area contributed by atoms with E-state index in [-0.39, 0.29) is 12.1 Å². The second-order valence-corrected chi connectivity index (χ2v) is 8.64. The summed E-state index contributed by atoms with van der Waals surface area (Å²) in [5.74, 6) is -5.95. The predicted molar refractivity (Wildman–Crippen MR) is 84.1 cm³/mol. The Labute approximate surface area is 160 Å². The van der Waals surface area contributed by atoms with Crippen LogP contribution >= 0.6 is 23.2 Å². The number of hydrogen-bond donors (Lipinski definition) is 0. The van der Waals surface area contributed by atoms with Gasteiger partial charge in [0.2, 0.25) is 0 Å². The molecule has 0 fully saturated rings. The molecule has 0 aromatic heterocycles. The molecule has 0 saturated heterocycles. The molecule has 0 saturated carbocycles. The van der Waals surface area contributed by atoms with E-state index >= 15 is 0 Å². The minimum Gasteiger partial charge on any atom is -0.236 e. The zero-order chi connectivity index (χ0) is 20.6. The van der Waals surface area contributed by atoms with Crippen molar-refractivity contribution < 1.29 is 42.8 Å². The fraction of sp³-hybridized carbons (Fsp3) is 0.0769. The number of hydrogen-bond acceptors (Lipinski definition) is 6. The predicted octanol–water partition coefficient (Wildman–Crippen LogP) is 3.62. The molecule has 0 aliphatic carbocycles. The van der Waals surface area contributed by atoms with E-state index in [0.29, 0.717) is 12.1 Å². The third-order valence-corrected chi connectivity index (χ3v) is 6.31. The van der Waals surface area contributed by atoms with Gasteiger partial charge in [0.05, 0.1) is 10.0 Å². The first-order chi connectivity index (χ1) is 12.3. The van der Waals surface area contributed by atoms with Crippen molar-refractivity contribution in [3.63, 3.8) is 0 Å². The maximum atomic E-state index is 13.2. The van der Waals surface area contributed by atoms with E-state index in [0.717, 1.165) is 0 Å². The van der Waals surface area contributed by atoms with Crippen LogP contribution < -0.4 is 0 Å². The molecule has 27 heavy (non-hydrogen) atoms. The van der Waals surface area contributed by atoms with Crippen molar-refractivity contribution in [1.82, 2.24) is 0 Å². The van der Waals surface area contributed by atoms with Gasteiger partial charge in [-0.15, -0.1) is 0 Å². The molecule has 0 heterocycles. The average molecular weight is 469 g/mol. The van der Waals surface area contributed by atoms with Crippen LogP contribution in [-0.4, -0.2) is 23.6 Å². The summed E-state index contributed by atoms with van der Waals surface area (Å²) in [6.45, 7) is -1.48. The van der Waals surface area contributed by atoms with E-state index in [1.807, 2.05) is 0 Å². The molecule has 2 aromatic carbocycles. The van der Waals surface area contributed by atoms with Crippen LogP contribution in [0.4, 0.5) is 17.6 Å². The summed E-state index contributed by atoms with van der Waals surface area (Å²) in [4.78, 5) is -1.98. The van der Waals surface area contributed by atoms with E-state index in [4.69, 9.17) is 23.2 Å². The summed E-state index contributed by atoms with van der Waals surface area (Å²) in [6.07, 6.45) is 0. The highest BCUT2D eigenvalue weighted by molar-refractivity contribution is 7.87. The standard InChI is InChI=1S/C13H6Cl2F4O6S2/c14-6-1-8(16)10(18)3-12(6)26(20,21)24-5-25-27(22,23)13-4-11(19)9(17)2-7(13)15/h1-4H,5H2. The normalized spacial score (nSPS) is 12.4. The van der Waals surface area contributed by atoms with Gasteiger partial charge in [0.25, 0.3) is 0 Å². The van der Waals surface area contributed by atoms with Gasteiger partial charge in [-0.2, -0.15) is 16.8 Å². The van der Waals surface area contributed by atoms with E-state index < -0.39 is 70.1 Å². The minimum absolute atomic E-state index is 0.216. The lowest BCUT2D eigenvalue weighted by Gasteiger charge is -2.10. The number of benzene rings is 2. The van der Waals surface area contributed by atoms with Crippen LogP contribution in [-0.2, 0) is 28.6 Å². The molecule has 2 aromatic rings. The van der Waals surface area contributed by atoms with E-state index in [1.54, 1.807) is 0 Å². The summed E-state index contributed by atoms with van der Waals surface area (Å²) >= 11 is 11.0. The molecule has 2 rings (SSSR count). The van der Waals surface area contributed by atoms with Gasteiger partial charge in [0.1, 0.15) is 9.79 Å². The highest BCUT2D eigenvalue weighted by atomic mass is 35.5. The van der Waals surface area contributed by atoms with Gasteiger partial charge >= 0.3 is 20.2 Å². The Morgan fingerprint density at radius 1 is 0.667 bits per heavy atom. The van der Waals surface area contributed by atoms with Crippen molar-refractivity contribution in [2.75, 3.05) is 6.79 Å². The second-order valence-electron chi connectivity index (χ2n) is 4.66. The van der Waals surface area contributed by atoms with E-state index in [2.05, 4.69) is 8.37 Å². The molecule has 0 aliphatic heterocycles. The first-order valence-electron chi connectivity index (χ1n) is 6.43. The molecule has 0 N–H and O–H groups in total. The molecule has 0 unspecified atom stereocenters. The molecular formula is C13H6Cl2F4O6S2. The van der Waals surface area contributed by atoms with Crippen LogP contribution in [0.5, 0.6) is 0 Å². The Balaban J connectivity index is 2.20. The third kappa shape index (κ3) is 4.89. The van der Waals surface area contributed by atoms with Crippen molar-refractivity contribution in [3.8, 4) is 0 Å². The van der Waals surface area contributed by atoms with Crippen LogP contribution in [0, 0.1) is 23.3 Å². The van der Waals surface area contributed by atoms with Gasteiger partial charge in [-0.25, -0.2) is 25.9 Å². The maximum absolute atomic E-state index is 13.2. The van der Waals surface area contributed by atoms with Crippen LogP contribution in [0.15, 0.2) is 34.1 Å². The molecule has 0 spiro atoms. The molecular weight excluding hydrogens is 463 g/mol. The molecule has 0 aliphatic rings. The molecule has 6 nitrogen and oxygen atoms in total. The van der Waals surface area contributed by atoms with Crippen molar-refractivity contribution in [2.24, 2.45) is 0 Å². The summed E-state index contributed by atoms with van der Waals surface area (Å²) < 4.78 is 108. The van der Waals surface area contributed by atoms with Gasteiger partial charge in [0.15, 0.2) is 30.1 Å². The molecule has 14 heteroatoms. The fourth-order valence-corrected chi connectivity index (χ4v) is 4.29. The highest BCUT2D eigenvalue weighted by Gasteiger charge is 2.26. The Morgan fingerprint density at radius 2 is 0.963 bits per heavy atom. The molecule has 0 radical (unpaired) electrons. The van der Waals surface area contributed by atoms with Crippen molar-refractivity contribution in [1.29, 1.82) is 0 Å². The Hall–Kier alpha value is -1.44. The lowest BCUT2D eigenvalue weighted by molar-refractivity contribution is 0.132. The van der Waals surface area contributed by atoms with Crippen molar-refractivity contribution in [2.45, 2.75) is 9.79 Å². The summed E-state index contributed by atoms with van der Waals surface area (Å²) in [7, 11) is -9.71. The number of rotatable bonds is 6. The summed E-state index contributed by atoms with van der Waals surface area (Å²) in [5, 5.41) is -1.47. The zero-order valence-electron chi connectivity index (χ0n) is 12.6. The van der Waals surface area contributed by atoms with Gasteiger partial charge in [0, 0.05) is 0 Å². The first-order valence-corrected chi connectivity index (χ1v) is 10.0. The Bertz CT molecular complexity index is 1020. The van der Waals surface area contributed by atoms with Gasteiger partial charge in [-0.05, 0) is 24.3 Å². The Morgan fingerprint density at radius 3 is 1.30 bits per heavy atom. The topological polar surface area (TPSA) is 86.7 Å². The van der Waals surface area contributed by atoms with Crippen LogP contribution in [0.25, 0.3) is 0 Å². The second kappa shape index (κ2) is 7.89. The SMILES string of the molecule is O=S(=O)(OCOS(=O)(=O)c1cc(F)c(F)cc1Cl)c1cc(F)c(F)cc1Cl. The maximum Gasteiger partial charge on any atom is 0.300 e. The third-order valence-electron chi connectivity index (χ3n) is 2.89. The van der Waals surface area contributed by atoms with Crippen LogP contribution in [0.1, 0.15) is 0 Å². The van der Waals surface area contributed by atoms with E-state index in [1.165, 1.54) is 0 Å². The number of halogens is 6. The molecule has 0 atom stereocenters. The van der Waals surface area contributed by atoms with Crippen molar-refractivity contribution in [3.05, 3.63) is 57.6 Å². The van der Waals surface area contributed by atoms with Gasteiger partial charge in [-0.1, -0.05) is 23.2 Å². The lowest BCUT2D eigenvalue weighted by atomic mass is 10.3. The van der Waals surface area contributed by atoms with Crippen molar-refractivity contribution >= 4 is 43.4 Å². The average Bonchev–Trinajstić information content (AvgIpc) is 2.53. The van der Waals surface area contributed by atoms with Crippen LogP contribution in [0.2, 0.25) is 10.0 Å². The zero-order valence-corrected chi connectivity index (χ0v) is 15.7. The Kier molecular flexibility index (Phi) is 6.39. The molecule has 148 valence electrons. The quantitative estimate of drug-likeness (QED) is 0.278. The largest absolute Gasteiger partial charge is 0.300 e. The fourth-order valence-electron chi connectivity index (χ4n) is 1.67. The monoisotopic (exact) mass is 468 g/mol.